The molecular formula is C12H13Cl2FO2. The van der Waals surface area contributed by atoms with E-state index in [1.807, 2.05) is 0 Å². The molecular weight excluding hydrogens is 266 g/mol. The van der Waals surface area contributed by atoms with Crippen LogP contribution in [0.1, 0.15) is 18.9 Å². The number of benzene rings is 1. The van der Waals surface area contributed by atoms with Crippen molar-refractivity contribution in [2.75, 3.05) is 6.61 Å². The first kappa shape index (κ1) is 13.1. The molecule has 17 heavy (non-hydrogen) atoms. The largest absolute Gasteiger partial charge is 0.352 e. The van der Waals surface area contributed by atoms with Crippen LogP contribution in [0.15, 0.2) is 12.1 Å². The average molecular weight is 279 g/mol. The van der Waals surface area contributed by atoms with E-state index in [2.05, 4.69) is 6.92 Å². The summed E-state index contributed by atoms with van der Waals surface area (Å²) < 4.78 is 24.0. The van der Waals surface area contributed by atoms with Crippen LogP contribution in [0.3, 0.4) is 0 Å². The SMILES string of the molecule is C[C@H]1COC(OCc2cc(Cl)c(F)cc2Cl)C1. The van der Waals surface area contributed by atoms with Crippen LogP contribution in [0, 0.1) is 11.7 Å². The van der Waals surface area contributed by atoms with Gasteiger partial charge >= 0.3 is 0 Å². The van der Waals surface area contributed by atoms with Crippen molar-refractivity contribution in [2.24, 2.45) is 5.92 Å². The van der Waals surface area contributed by atoms with Crippen molar-refractivity contribution < 1.29 is 13.9 Å². The highest BCUT2D eigenvalue weighted by molar-refractivity contribution is 6.33. The van der Waals surface area contributed by atoms with Crippen molar-refractivity contribution >= 4 is 23.2 Å². The zero-order valence-electron chi connectivity index (χ0n) is 9.38. The quantitative estimate of drug-likeness (QED) is 0.778. The molecule has 1 aromatic carbocycles. The normalized spacial score (nSPS) is 24.2. The van der Waals surface area contributed by atoms with Crippen LogP contribution in [0.4, 0.5) is 4.39 Å². The van der Waals surface area contributed by atoms with Crippen molar-refractivity contribution in [2.45, 2.75) is 26.2 Å². The molecule has 0 aromatic heterocycles. The highest BCUT2D eigenvalue weighted by Crippen LogP contribution is 2.26. The Morgan fingerprint density at radius 3 is 2.82 bits per heavy atom. The number of halogens is 3. The maximum absolute atomic E-state index is 13.1. The number of hydrogen-bond acceptors (Lipinski definition) is 2. The van der Waals surface area contributed by atoms with Crippen LogP contribution in [-0.4, -0.2) is 12.9 Å². The summed E-state index contributed by atoms with van der Waals surface area (Å²) in [6.07, 6.45) is 0.664. The van der Waals surface area contributed by atoms with E-state index in [4.69, 9.17) is 32.7 Å². The van der Waals surface area contributed by atoms with Crippen molar-refractivity contribution in [1.29, 1.82) is 0 Å². The van der Waals surface area contributed by atoms with Gasteiger partial charge in [-0.15, -0.1) is 0 Å². The Morgan fingerprint density at radius 2 is 2.18 bits per heavy atom. The fourth-order valence-corrected chi connectivity index (χ4v) is 2.10. The van der Waals surface area contributed by atoms with Crippen molar-refractivity contribution in [3.63, 3.8) is 0 Å². The molecule has 0 saturated carbocycles. The number of hydrogen-bond donors (Lipinski definition) is 0. The van der Waals surface area contributed by atoms with E-state index in [-0.39, 0.29) is 17.9 Å². The molecule has 1 fully saturated rings. The van der Waals surface area contributed by atoms with E-state index in [1.165, 1.54) is 12.1 Å². The second kappa shape index (κ2) is 5.53. The van der Waals surface area contributed by atoms with E-state index in [0.29, 0.717) is 23.1 Å². The third kappa shape index (κ3) is 3.32. The maximum Gasteiger partial charge on any atom is 0.158 e. The molecule has 1 aliphatic heterocycles. The van der Waals surface area contributed by atoms with Gasteiger partial charge in [-0.2, -0.15) is 0 Å². The zero-order chi connectivity index (χ0) is 12.4. The minimum Gasteiger partial charge on any atom is -0.352 e. The van der Waals surface area contributed by atoms with Gasteiger partial charge in [-0.3, -0.25) is 0 Å². The fraction of sp³-hybridized carbons (Fsp3) is 0.500. The van der Waals surface area contributed by atoms with Gasteiger partial charge in [0, 0.05) is 11.4 Å². The molecule has 1 saturated heterocycles. The number of rotatable bonds is 3. The van der Waals surface area contributed by atoms with Gasteiger partial charge in [-0.1, -0.05) is 30.1 Å². The van der Waals surface area contributed by atoms with Gasteiger partial charge in [0.05, 0.1) is 18.2 Å². The molecule has 0 N–H and O–H groups in total. The van der Waals surface area contributed by atoms with Crippen LogP contribution in [0.25, 0.3) is 0 Å². The average Bonchev–Trinajstić information content (AvgIpc) is 2.68. The lowest BCUT2D eigenvalue weighted by Crippen LogP contribution is -2.10. The molecule has 2 atom stereocenters. The van der Waals surface area contributed by atoms with E-state index in [1.54, 1.807) is 0 Å². The first-order valence-corrected chi connectivity index (χ1v) is 6.18. The van der Waals surface area contributed by atoms with E-state index in [0.717, 1.165) is 6.42 Å². The lowest BCUT2D eigenvalue weighted by atomic mass is 10.1. The lowest BCUT2D eigenvalue weighted by Gasteiger charge is -2.12. The lowest BCUT2D eigenvalue weighted by molar-refractivity contribution is -0.118. The molecule has 94 valence electrons. The highest BCUT2D eigenvalue weighted by Gasteiger charge is 2.22. The van der Waals surface area contributed by atoms with Crippen LogP contribution >= 0.6 is 23.2 Å². The standard InChI is InChI=1S/C12H13Cl2FO2/c1-7-2-12(16-5-7)17-6-8-3-10(14)11(15)4-9(8)13/h3-4,7,12H,2,5-6H2,1H3/t7-,12?/m1/s1. The molecule has 0 spiro atoms. The second-order valence-corrected chi connectivity index (χ2v) is 5.09. The third-order valence-electron chi connectivity index (χ3n) is 2.68. The zero-order valence-corrected chi connectivity index (χ0v) is 10.9. The molecule has 5 heteroatoms. The molecule has 0 aliphatic carbocycles. The molecule has 1 aliphatic rings. The van der Waals surface area contributed by atoms with Crippen molar-refractivity contribution in [3.8, 4) is 0 Å². The van der Waals surface area contributed by atoms with Crippen LogP contribution in [0.2, 0.25) is 10.0 Å². The minimum absolute atomic E-state index is 0.0497. The predicted octanol–water partition coefficient (Wildman–Crippen LogP) is 4.03. The summed E-state index contributed by atoms with van der Waals surface area (Å²) in [5.41, 5.74) is 0.668. The Morgan fingerprint density at radius 1 is 1.41 bits per heavy atom. The van der Waals surface area contributed by atoms with Gasteiger partial charge in [-0.05, 0) is 23.6 Å². The van der Waals surface area contributed by atoms with Gasteiger partial charge in [0.2, 0.25) is 0 Å². The molecule has 0 amide bonds. The van der Waals surface area contributed by atoms with Crippen LogP contribution < -0.4 is 0 Å². The summed E-state index contributed by atoms with van der Waals surface area (Å²) in [5.74, 6) is -0.0153. The Balaban J connectivity index is 1.97. The summed E-state index contributed by atoms with van der Waals surface area (Å²) in [6.45, 7) is 3.09. The molecule has 0 radical (unpaired) electrons. The summed E-state index contributed by atoms with van der Waals surface area (Å²) in [4.78, 5) is 0. The topological polar surface area (TPSA) is 18.5 Å². The summed E-state index contributed by atoms with van der Waals surface area (Å²) in [6, 6.07) is 2.68. The molecule has 1 heterocycles. The third-order valence-corrected chi connectivity index (χ3v) is 3.32. The minimum atomic E-state index is -0.522. The van der Waals surface area contributed by atoms with Crippen LogP contribution in [-0.2, 0) is 16.1 Å². The molecule has 0 bridgehead atoms. The predicted molar refractivity (Wildman–Crippen MR) is 64.7 cm³/mol. The Labute approximate surface area is 110 Å². The van der Waals surface area contributed by atoms with Gasteiger partial charge < -0.3 is 9.47 Å². The van der Waals surface area contributed by atoms with Gasteiger partial charge in [-0.25, -0.2) is 4.39 Å². The summed E-state index contributed by atoms with van der Waals surface area (Å²) in [5, 5.41) is 0.367. The molecule has 1 unspecified atom stereocenters. The van der Waals surface area contributed by atoms with E-state index < -0.39 is 5.82 Å². The van der Waals surface area contributed by atoms with Gasteiger partial charge in [0.25, 0.3) is 0 Å². The molecule has 1 aromatic rings. The maximum atomic E-state index is 13.1. The van der Waals surface area contributed by atoms with Gasteiger partial charge in [0.1, 0.15) is 5.82 Å². The number of ether oxygens (including phenoxy) is 2. The first-order chi connectivity index (χ1) is 8.06. The summed E-state index contributed by atoms with van der Waals surface area (Å²) in [7, 11) is 0. The van der Waals surface area contributed by atoms with Crippen molar-refractivity contribution in [3.05, 3.63) is 33.6 Å². The van der Waals surface area contributed by atoms with Gasteiger partial charge in [0.15, 0.2) is 6.29 Å². The van der Waals surface area contributed by atoms with Crippen molar-refractivity contribution in [1.82, 2.24) is 0 Å². The monoisotopic (exact) mass is 278 g/mol. The first-order valence-electron chi connectivity index (χ1n) is 5.43. The summed E-state index contributed by atoms with van der Waals surface area (Å²) >= 11 is 11.6. The molecule has 2 rings (SSSR count). The Hall–Kier alpha value is -0.350. The molecule has 2 nitrogen and oxygen atoms in total. The smallest absolute Gasteiger partial charge is 0.158 e. The Bertz CT molecular complexity index is 412. The Kier molecular flexibility index (Phi) is 4.26. The fourth-order valence-electron chi connectivity index (χ4n) is 1.71. The van der Waals surface area contributed by atoms with Crippen LogP contribution in [0.5, 0.6) is 0 Å². The second-order valence-electron chi connectivity index (χ2n) is 4.27. The van der Waals surface area contributed by atoms with E-state index >= 15 is 0 Å². The highest BCUT2D eigenvalue weighted by atomic mass is 35.5. The van der Waals surface area contributed by atoms with E-state index in [9.17, 15) is 4.39 Å².